The van der Waals surface area contributed by atoms with Gasteiger partial charge in [0.2, 0.25) is 5.95 Å². The first-order valence-corrected chi connectivity index (χ1v) is 10.7. The topological polar surface area (TPSA) is 116 Å². The first-order valence-electron chi connectivity index (χ1n) is 10.7. The van der Waals surface area contributed by atoms with Gasteiger partial charge in [-0.3, -0.25) is 13.9 Å². The maximum Gasteiger partial charge on any atom is 0.332 e. The predicted molar refractivity (Wildman–Crippen MR) is 124 cm³/mol. The lowest BCUT2D eigenvalue weighted by molar-refractivity contribution is 0.0937. The van der Waals surface area contributed by atoms with E-state index >= 15 is 0 Å². The van der Waals surface area contributed by atoms with Crippen molar-refractivity contribution in [1.82, 2.24) is 18.7 Å². The minimum atomic E-state index is -0.932. The normalized spacial score (nSPS) is 12.2. The van der Waals surface area contributed by atoms with Crippen LogP contribution in [0.15, 0.2) is 56.7 Å². The van der Waals surface area contributed by atoms with Gasteiger partial charge in [-0.15, -0.1) is 0 Å². The molecular formula is C23H27N5O5. The lowest BCUT2D eigenvalue weighted by Crippen LogP contribution is -2.38. The molecule has 174 valence electrons. The number of aliphatic hydroxyl groups excluding tert-OH is 1. The smallest absolute Gasteiger partial charge is 0.332 e. The molecule has 4 aromatic rings. The summed E-state index contributed by atoms with van der Waals surface area (Å²) in [4.78, 5) is 29.8. The fourth-order valence-electron chi connectivity index (χ4n) is 3.65. The Kier molecular flexibility index (Phi) is 6.36. The van der Waals surface area contributed by atoms with E-state index in [0.717, 1.165) is 16.6 Å². The highest BCUT2D eigenvalue weighted by molar-refractivity contribution is 5.74. The number of rotatable bonds is 9. The van der Waals surface area contributed by atoms with Gasteiger partial charge in [0.25, 0.3) is 5.56 Å². The van der Waals surface area contributed by atoms with Gasteiger partial charge in [0.05, 0.1) is 19.4 Å². The summed E-state index contributed by atoms with van der Waals surface area (Å²) in [5, 5.41) is 13.9. The molecule has 0 saturated heterocycles. The van der Waals surface area contributed by atoms with Crippen LogP contribution in [0.2, 0.25) is 0 Å². The monoisotopic (exact) mass is 453 g/mol. The molecule has 4 rings (SSSR count). The molecule has 3 aromatic heterocycles. The summed E-state index contributed by atoms with van der Waals surface area (Å²) in [6, 6.07) is 11.3. The molecule has 10 heteroatoms. The molecule has 0 spiro atoms. The van der Waals surface area contributed by atoms with Crippen LogP contribution < -0.4 is 21.3 Å². The zero-order valence-electron chi connectivity index (χ0n) is 18.8. The van der Waals surface area contributed by atoms with Crippen LogP contribution in [-0.2, 0) is 33.6 Å². The standard InChI is InChI=1S/C23H27N5O5/c1-4-15-7-5-8-17(11-15)33-14-16(29)13-28-19-20(26(2)23(31)27(3)21(19)30)25-22(28)24-12-18-9-6-10-32-18/h5-11,16,29H,4,12-14H2,1-3H3,(H,24,25)/t16-/m0/s1. The molecule has 0 amide bonds. The lowest BCUT2D eigenvalue weighted by Gasteiger charge is -2.16. The number of ether oxygens (including phenoxy) is 1. The van der Waals surface area contributed by atoms with E-state index in [2.05, 4.69) is 17.2 Å². The van der Waals surface area contributed by atoms with Crippen molar-refractivity contribution in [3.8, 4) is 5.75 Å². The maximum atomic E-state index is 12.9. The summed E-state index contributed by atoms with van der Waals surface area (Å²) in [6.45, 7) is 2.44. The molecule has 0 aliphatic rings. The van der Waals surface area contributed by atoms with E-state index in [1.54, 1.807) is 23.9 Å². The number of benzene rings is 1. The van der Waals surface area contributed by atoms with Crippen molar-refractivity contribution in [2.75, 3.05) is 11.9 Å². The maximum absolute atomic E-state index is 12.9. The second-order valence-electron chi connectivity index (χ2n) is 7.82. The number of furan rings is 1. The number of aryl methyl sites for hydroxylation is 2. The Hall–Kier alpha value is -3.79. The number of nitrogens with one attached hydrogen (secondary N) is 1. The van der Waals surface area contributed by atoms with E-state index in [1.807, 2.05) is 30.3 Å². The molecule has 1 aromatic carbocycles. The zero-order valence-corrected chi connectivity index (χ0v) is 18.8. The number of hydrogen-bond donors (Lipinski definition) is 2. The van der Waals surface area contributed by atoms with Gasteiger partial charge in [0, 0.05) is 14.1 Å². The van der Waals surface area contributed by atoms with Gasteiger partial charge in [-0.25, -0.2) is 4.79 Å². The fraction of sp³-hybridized carbons (Fsp3) is 0.348. The van der Waals surface area contributed by atoms with Gasteiger partial charge < -0.3 is 24.1 Å². The molecular weight excluding hydrogens is 426 g/mol. The van der Waals surface area contributed by atoms with Crippen molar-refractivity contribution >= 4 is 17.1 Å². The summed E-state index contributed by atoms with van der Waals surface area (Å²) in [5.41, 5.74) is 0.614. The first kappa shape index (κ1) is 22.4. The summed E-state index contributed by atoms with van der Waals surface area (Å²) in [6.07, 6.45) is 1.51. The second kappa shape index (κ2) is 9.37. The quantitative estimate of drug-likeness (QED) is 0.396. The largest absolute Gasteiger partial charge is 0.491 e. The molecule has 0 saturated carbocycles. The molecule has 0 bridgehead atoms. The summed E-state index contributed by atoms with van der Waals surface area (Å²) >= 11 is 0. The number of aliphatic hydroxyl groups is 1. The third kappa shape index (κ3) is 4.56. The Morgan fingerprint density at radius 2 is 2.00 bits per heavy atom. The Balaban J connectivity index is 1.64. The summed E-state index contributed by atoms with van der Waals surface area (Å²) in [5.74, 6) is 1.68. The van der Waals surface area contributed by atoms with Crippen molar-refractivity contribution < 1.29 is 14.3 Å². The average Bonchev–Trinajstić information content (AvgIpc) is 3.47. The first-order chi connectivity index (χ1) is 15.9. The highest BCUT2D eigenvalue weighted by Crippen LogP contribution is 2.19. The number of aromatic nitrogens is 4. The van der Waals surface area contributed by atoms with Gasteiger partial charge in [-0.05, 0) is 36.2 Å². The van der Waals surface area contributed by atoms with Crippen LogP contribution in [0.1, 0.15) is 18.2 Å². The van der Waals surface area contributed by atoms with E-state index in [1.165, 1.54) is 11.6 Å². The van der Waals surface area contributed by atoms with E-state index in [-0.39, 0.29) is 24.3 Å². The second-order valence-corrected chi connectivity index (χ2v) is 7.82. The van der Waals surface area contributed by atoms with Crippen LogP contribution >= 0.6 is 0 Å². The molecule has 1 atom stereocenters. The molecule has 33 heavy (non-hydrogen) atoms. The van der Waals surface area contributed by atoms with Gasteiger partial charge >= 0.3 is 5.69 Å². The average molecular weight is 453 g/mol. The third-order valence-corrected chi connectivity index (χ3v) is 5.49. The van der Waals surface area contributed by atoms with Crippen LogP contribution in [0, 0.1) is 0 Å². The lowest BCUT2D eigenvalue weighted by atomic mass is 10.2. The van der Waals surface area contributed by atoms with Crippen molar-refractivity contribution in [2.24, 2.45) is 14.1 Å². The Labute approximate surface area is 189 Å². The van der Waals surface area contributed by atoms with Crippen LogP contribution in [0.5, 0.6) is 5.75 Å². The van der Waals surface area contributed by atoms with Crippen molar-refractivity contribution in [3.63, 3.8) is 0 Å². The number of hydrogen-bond acceptors (Lipinski definition) is 7. The molecule has 0 aliphatic carbocycles. The Bertz CT molecular complexity index is 1370. The third-order valence-electron chi connectivity index (χ3n) is 5.49. The van der Waals surface area contributed by atoms with Crippen molar-refractivity contribution in [3.05, 3.63) is 74.8 Å². The highest BCUT2D eigenvalue weighted by atomic mass is 16.5. The molecule has 0 aliphatic heterocycles. The summed E-state index contributed by atoms with van der Waals surface area (Å²) < 4.78 is 15.0. The van der Waals surface area contributed by atoms with Crippen LogP contribution in [0.3, 0.4) is 0 Å². The van der Waals surface area contributed by atoms with Gasteiger partial charge in [-0.1, -0.05) is 19.1 Å². The number of imidazole rings is 1. The minimum absolute atomic E-state index is 0.0243. The number of fused-ring (bicyclic) bond motifs is 1. The zero-order chi connectivity index (χ0) is 23.5. The predicted octanol–water partition coefficient (Wildman–Crippen LogP) is 1.64. The Morgan fingerprint density at radius 3 is 2.73 bits per heavy atom. The van der Waals surface area contributed by atoms with Gasteiger partial charge in [0.15, 0.2) is 11.2 Å². The van der Waals surface area contributed by atoms with E-state index < -0.39 is 17.4 Å². The molecule has 0 radical (unpaired) electrons. The molecule has 0 fully saturated rings. The molecule has 2 N–H and O–H groups in total. The van der Waals surface area contributed by atoms with Crippen LogP contribution in [0.25, 0.3) is 11.2 Å². The van der Waals surface area contributed by atoms with E-state index in [9.17, 15) is 14.7 Å². The van der Waals surface area contributed by atoms with Crippen LogP contribution in [-0.4, -0.2) is 36.5 Å². The minimum Gasteiger partial charge on any atom is -0.491 e. The number of anilines is 1. The van der Waals surface area contributed by atoms with Crippen LogP contribution in [0.4, 0.5) is 5.95 Å². The van der Waals surface area contributed by atoms with Crippen molar-refractivity contribution in [2.45, 2.75) is 32.5 Å². The van der Waals surface area contributed by atoms with Crippen molar-refractivity contribution in [1.29, 1.82) is 0 Å². The molecule has 3 heterocycles. The number of nitrogens with zero attached hydrogens (tertiary/aromatic N) is 4. The fourth-order valence-corrected chi connectivity index (χ4v) is 3.65. The van der Waals surface area contributed by atoms with Gasteiger partial charge in [-0.2, -0.15) is 4.98 Å². The SMILES string of the molecule is CCc1cccc(OC[C@@H](O)Cn2c(NCc3ccco3)nc3c2c(=O)n(C)c(=O)n3C)c1. The van der Waals surface area contributed by atoms with E-state index in [0.29, 0.717) is 24.0 Å². The highest BCUT2D eigenvalue weighted by Gasteiger charge is 2.21. The summed E-state index contributed by atoms with van der Waals surface area (Å²) in [7, 11) is 2.97. The van der Waals surface area contributed by atoms with Gasteiger partial charge in [0.1, 0.15) is 24.2 Å². The molecule has 10 nitrogen and oxygen atoms in total. The Morgan fingerprint density at radius 1 is 1.18 bits per heavy atom. The molecule has 0 unspecified atom stereocenters. The van der Waals surface area contributed by atoms with E-state index in [4.69, 9.17) is 9.15 Å².